The number of hydrogen-bond acceptors (Lipinski definition) is 5. The third-order valence-corrected chi connectivity index (χ3v) is 4.78. The number of nitrogens with one attached hydrogen (secondary N) is 1. The second kappa shape index (κ2) is 8.46. The Morgan fingerprint density at radius 1 is 1.04 bits per heavy atom. The number of amides is 1. The standard InChI is InChI=1S/C18H28N4O2/c1-20-8-10-22(11-9-20)17-4-2-16(3-5-17)19-18(23)6-7-21-12-14-24-15-13-21/h2-5H,6-15H2,1H3,(H,19,23). The lowest BCUT2D eigenvalue weighted by Crippen LogP contribution is -2.44. The van der Waals surface area contributed by atoms with Crippen LogP contribution in [0.4, 0.5) is 11.4 Å². The van der Waals surface area contributed by atoms with Crippen LogP contribution in [0.1, 0.15) is 6.42 Å². The van der Waals surface area contributed by atoms with Gasteiger partial charge in [-0.15, -0.1) is 0 Å². The summed E-state index contributed by atoms with van der Waals surface area (Å²) >= 11 is 0. The first-order valence-electron chi connectivity index (χ1n) is 8.84. The van der Waals surface area contributed by atoms with Gasteiger partial charge in [-0.25, -0.2) is 0 Å². The van der Waals surface area contributed by atoms with E-state index in [4.69, 9.17) is 4.74 Å². The molecule has 0 atom stereocenters. The lowest BCUT2D eigenvalue weighted by Gasteiger charge is -2.34. The largest absolute Gasteiger partial charge is 0.379 e. The van der Waals surface area contributed by atoms with Crippen molar-refractivity contribution in [1.29, 1.82) is 0 Å². The highest BCUT2D eigenvalue weighted by molar-refractivity contribution is 5.91. The van der Waals surface area contributed by atoms with Crippen molar-refractivity contribution < 1.29 is 9.53 Å². The number of morpholine rings is 1. The molecule has 6 heteroatoms. The highest BCUT2D eigenvalue weighted by atomic mass is 16.5. The molecule has 132 valence electrons. The van der Waals surface area contributed by atoms with E-state index in [2.05, 4.69) is 39.2 Å². The van der Waals surface area contributed by atoms with E-state index in [9.17, 15) is 4.79 Å². The molecule has 0 bridgehead atoms. The molecule has 24 heavy (non-hydrogen) atoms. The van der Waals surface area contributed by atoms with Crippen molar-refractivity contribution in [2.24, 2.45) is 0 Å². The van der Waals surface area contributed by atoms with Crippen molar-refractivity contribution in [3.8, 4) is 0 Å². The van der Waals surface area contributed by atoms with Crippen LogP contribution in [0.15, 0.2) is 24.3 Å². The molecule has 3 rings (SSSR count). The van der Waals surface area contributed by atoms with Gasteiger partial charge in [-0.3, -0.25) is 9.69 Å². The summed E-state index contributed by atoms with van der Waals surface area (Å²) < 4.78 is 5.32. The molecule has 6 nitrogen and oxygen atoms in total. The maximum atomic E-state index is 12.1. The number of benzene rings is 1. The van der Waals surface area contributed by atoms with Crippen LogP contribution in [0.25, 0.3) is 0 Å². The van der Waals surface area contributed by atoms with Crippen LogP contribution in [-0.2, 0) is 9.53 Å². The first-order valence-corrected chi connectivity index (χ1v) is 8.84. The molecule has 2 fully saturated rings. The Morgan fingerprint density at radius 3 is 2.38 bits per heavy atom. The van der Waals surface area contributed by atoms with E-state index in [0.29, 0.717) is 6.42 Å². The van der Waals surface area contributed by atoms with Crippen LogP contribution < -0.4 is 10.2 Å². The van der Waals surface area contributed by atoms with Gasteiger partial charge in [-0.05, 0) is 31.3 Å². The fourth-order valence-corrected chi connectivity index (χ4v) is 3.13. The van der Waals surface area contributed by atoms with Crippen LogP contribution in [0.3, 0.4) is 0 Å². The van der Waals surface area contributed by atoms with Crippen molar-refractivity contribution in [3.05, 3.63) is 24.3 Å². The van der Waals surface area contributed by atoms with Gasteiger partial charge in [0.2, 0.25) is 5.91 Å². The molecule has 0 aliphatic carbocycles. The number of carbonyl (C=O) groups is 1. The molecule has 2 aliphatic heterocycles. The van der Waals surface area contributed by atoms with E-state index in [1.54, 1.807) is 0 Å². The van der Waals surface area contributed by atoms with Gasteiger partial charge in [0.1, 0.15) is 0 Å². The molecule has 2 heterocycles. The maximum Gasteiger partial charge on any atom is 0.225 e. The minimum absolute atomic E-state index is 0.0776. The molecule has 0 spiro atoms. The Hall–Kier alpha value is -1.63. The Bertz CT molecular complexity index is 520. The Balaban J connectivity index is 1.44. The molecule has 0 saturated carbocycles. The summed E-state index contributed by atoms with van der Waals surface area (Å²) in [5, 5.41) is 3.00. The lowest BCUT2D eigenvalue weighted by atomic mass is 10.2. The SMILES string of the molecule is CN1CCN(c2ccc(NC(=O)CCN3CCOCC3)cc2)CC1. The van der Waals surface area contributed by atoms with Crippen LogP contribution in [-0.4, -0.2) is 81.8 Å². The predicted molar refractivity (Wildman–Crippen MR) is 96.7 cm³/mol. The van der Waals surface area contributed by atoms with Gasteiger partial charge in [-0.2, -0.15) is 0 Å². The van der Waals surface area contributed by atoms with Crippen molar-refractivity contribution in [2.45, 2.75) is 6.42 Å². The molecular formula is C18H28N4O2. The van der Waals surface area contributed by atoms with Crippen molar-refractivity contribution in [3.63, 3.8) is 0 Å². The summed E-state index contributed by atoms with van der Waals surface area (Å²) in [6, 6.07) is 8.20. The number of rotatable bonds is 5. The van der Waals surface area contributed by atoms with Crippen molar-refractivity contribution >= 4 is 17.3 Å². The zero-order chi connectivity index (χ0) is 16.8. The lowest BCUT2D eigenvalue weighted by molar-refractivity contribution is -0.116. The van der Waals surface area contributed by atoms with E-state index in [1.165, 1.54) is 5.69 Å². The monoisotopic (exact) mass is 332 g/mol. The first kappa shape index (κ1) is 17.2. The summed E-state index contributed by atoms with van der Waals surface area (Å²) in [6.07, 6.45) is 0.528. The van der Waals surface area contributed by atoms with E-state index >= 15 is 0 Å². The summed E-state index contributed by atoms with van der Waals surface area (Å²) in [5.41, 5.74) is 2.11. The van der Waals surface area contributed by atoms with E-state index in [1.807, 2.05) is 12.1 Å². The number of ether oxygens (including phenoxy) is 1. The second-order valence-corrected chi connectivity index (χ2v) is 6.59. The van der Waals surface area contributed by atoms with Crippen LogP contribution in [0.5, 0.6) is 0 Å². The van der Waals surface area contributed by atoms with Gasteiger partial charge in [0.15, 0.2) is 0 Å². The van der Waals surface area contributed by atoms with E-state index in [-0.39, 0.29) is 5.91 Å². The van der Waals surface area contributed by atoms with Gasteiger partial charge < -0.3 is 19.9 Å². The van der Waals surface area contributed by atoms with Gasteiger partial charge >= 0.3 is 0 Å². The molecule has 2 saturated heterocycles. The fourth-order valence-electron chi connectivity index (χ4n) is 3.13. The highest BCUT2D eigenvalue weighted by Crippen LogP contribution is 2.19. The Labute approximate surface area is 144 Å². The molecule has 1 aromatic carbocycles. The molecule has 1 aromatic rings. The Kier molecular flexibility index (Phi) is 6.07. The molecule has 1 amide bonds. The minimum Gasteiger partial charge on any atom is -0.379 e. The van der Waals surface area contributed by atoms with Gasteiger partial charge in [0.05, 0.1) is 13.2 Å². The van der Waals surface area contributed by atoms with E-state index in [0.717, 1.165) is 64.7 Å². The van der Waals surface area contributed by atoms with Gasteiger partial charge in [0.25, 0.3) is 0 Å². The minimum atomic E-state index is 0.0776. The zero-order valence-electron chi connectivity index (χ0n) is 14.5. The topological polar surface area (TPSA) is 48.0 Å². The maximum absolute atomic E-state index is 12.1. The zero-order valence-corrected chi connectivity index (χ0v) is 14.5. The average molecular weight is 332 g/mol. The number of nitrogens with zero attached hydrogens (tertiary/aromatic N) is 3. The summed E-state index contributed by atoms with van der Waals surface area (Å²) in [7, 11) is 2.16. The third-order valence-electron chi connectivity index (χ3n) is 4.78. The normalized spacial score (nSPS) is 20.1. The highest BCUT2D eigenvalue weighted by Gasteiger charge is 2.15. The predicted octanol–water partition coefficient (Wildman–Crippen LogP) is 1.10. The molecule has 0 radical (unpaired) electrons. The molecule has 0 unspecified atom stereocenters. The molecule has 1 N–H and O–H groups in total. The number of hydrogen-bond donors (Lipinski definition) is 1. The van der Waals surface area contributed by atoms with Gasteiger partial charge in [0, 0.05) is 63.6 Å². The molecule has 0 aromatic heterocycles. The number of likely N-dealkylation sites (N-methyl/N-ethyl adjacent to an activating group) is 1. The van der Waals surface area contributed by atoms with Crippen LogP contribution in [0, 0.1) is 0 Å². The van der Waals surface area contributed by atoms with Gasteiger partial charge in [-0.1, -0.05) is 0 Å². The van der Waals surface area contributed by atoms with Crippen LogP contribution in [0.2, 0.25) is 0 Å². The van der Waals surface area contributed by atoms with Crippen LogP contribution >= 0.6 is 0 Å². The Morgan fingerprint density at radius 2 is 1.71 bits per heavy atom. The average Bonchev–Trinajstić information content (AvgIpc) is 2.62. The smallest absolute Gasteiger partial charge is 0.225 e. The summed E-state index contributed by atoms with van der Waals surface area (Å²) in [5.74, 6) is 0.0776. The number of anilines is 2. The van der Waals surface area contributed by atoms with E-state index < -0.39 is 0 Å². The third kappa shape index (κ3) is 4.93. The molecule has 2 aliphatic rings. The second-order valence-electron chi connectivity index (χ2n) is 6.59. The summed E-state index contributed by atoms with van der Waals surface area (Å²) in [4.78, 5) is 19.1. The number of carbonyl (C=O) groups excluding carboxylic acids is 1. The number of piperazine rings is 1. The fraction of sp³-hybridized carbons (Fsp3) is 0.611. The van der Waals surface area contributed by atoms with Crippen molar-refractivity contribution in [1.82, 2.24) is 9.80 Å². The first-order chi connectivity index (χ1) is 11.7. The quantitative estimate of drug-likeness (QED) is 0.875. The summed E-state index contributed by atoms with van der Waals surface area (Å²) in [6.45, 7) is 8.50. The molecular weight excluding hydrogens is 304 g/mol. The van der Waals surface area contributed by atoms with Crippen molar-refractivity contribution in [2.75, 3.05) is 76.3 Å².